The van der Waals surface area contributed by atoms with E-state index >= 15 is 0 Å². The lowest BCUT2D eigenvalue weighted by Crippen LogP contribution is -2.64. The first-order chi connectivity index (χ1) is 9.78. The van der Waals surface area contributed by atoms with Crippen LogP contribution in [0.1, 0.15) is 13.8 Å². The molecule has 2 amide bonds. The molecule has 1 fully saturated rings. The summed E-state index contributed by atoms with van der Waals surface area (Å²) in [6, 6.07) is 0. The van der Waals surface area contributed by atoms with Gasteiger partial charge in [0, 0.05) is 0 Å². The van der Waals surface area contributed by atoms with Crippen LogP contribution in [0.2, 0.25) is 0 Å². The SMILES string of the molecule is CC1(C)C(=O)NC(=O)CN1c1ncnc(NN)c1[N+](=O)[O-]. The Kier molecular flexibility index (Phi) is 3.43. The molecule has 0 saturated carbocycles. The Morgan fingerprint density at radius 3 is 2.71 bits per heavy atom. The molecule has 11 nitrogen and oxygen atoms in total. The summed E-state index contributed by atoms with van der Waals surface area (Å²) in [5.41, 5.74) is 0.402. The minimum absolute atomic E-state index is 0.156. The number of amides is 2. The van der Waals surface area contributed by atoms with Crippen LogP contribution in [-0.4, -0.2) is 38.8 Å². The summed E-state index contributed by atoms with van der Waals surface area (Å²) >= 11 is 0. The van der Waals surface area contributed by atoms with Gasteiger partial charge in [-0.25, -0.2) is 15.8 Å². The number of nitrogens with one attached hydrogen (secondary N) is 2. The van der Waals surface area contributed by atoms with Crippen LogP contribution in [0.15, 0.2) is 6.33 Å². The molecule has 11 heteroatoms. The van der Waals surface area contributed by atoms with Crippen LogP contribution < -0.4 is 21.5 Å². The number of nitrogen functional groups attached to an aromatic ring is 1. The van der Waals surface area contributed by atoms with Crippen molar-refractivity contribution in [3.8, 4) is 0 Å². The van der Waals surface area contributed by atoms with Crippen molar-refractivity contribution in [1.82, 2.24) is 15.3 Å². The maximum atomic E-state index is 11.9. The van der Waals surface area contributed by atoms with Crippen LogP contribution in [0.25, 0.3) is 0 Å². The number of nitrogens with zero attached hydrogens (tertiary/aromatic N) is 4. The third kappa shape index (κ3) is 2.33. The number of aromatic nitrogens is 2. The van der Waals surface area contributed by atoms with Crippen LogP contribution in [0.5, 0.6) is 0 Å². The van der Waals surface area contributed by atoms with Gasteiger partial charge in [0.15, 0.2) is 0 Å². The molecule has 0 bridgehead atoms. The molecule has 2 rings (SSSR count). The van der Waals surface area contributed by atoms with Crippen molar-refractivity contribution in [3.63, 3.8) is 0 Å². The molecule has 0 aromatic carbocycles. The van der Waals surface area contributed by atoms with E-state index in [0.717, 1.165) is 6.33 Å². The molecule has 1 aliphatic heterocycles. The molecule has 1 aromatic heterocycles. The zero-order valence-electron chi connectivity index (χ0n) is 11.3. The minimum Gasteiger partial charge on any atom is -0.327 e. The van der Waals surface area contributed by atoms with Crippen molar-refractivity contribution in [2.75, 3.05) is 16.9 Å². The first-order valence-corrected chi connectivity index (χ1v) is 5.87. The fourth-order valence-corrected chi connectivity index (χ4v) is 1.96. The Labute approximate surface area is 118 Å². The summed E-state index contributed by atoms with van der Waals surface area (Å²) in [6.45, 7) is 2.80. The number of hydrogen-bond acceptors (Lipinski definition) is 9. The highest BCUT2D eigenvalue weighted by Gasteiger charge is 2.44. The van der Waals surface area contributed by atoms with E-state index in [9.17, 15) is 19.7 Å². The van der Waals surface area contributed by atoms with E-state index in [1.165, 1.54) is 18.7 Å². The Morgan fingerprint density at radius 1 is 1.48 bits per heavy atom. The van der Waals surface area contributed by atoms with Gasteiger partial charge in [0.1, 0.15) is 18.4 Å². The van der Waals surface area contributed by atoms with Gasteiger partial charge in [-0.3, -0.25) is 25.0 Å². The van der Waals surface area contributed by atoms with Crippen molar-refractivity contribution in [1.29, 1.82) is 0 Å². The van der Waals surface area contributed by atoms with Gasteiger partial charge in [0.2, 0.25) is 17.5 Å². The summed E-state index contributed by atoms with van der Waals surface area (Å²) in [5, 5.41) is 13.4. The fourth-order valence-electron chi connectivity index (χ4n) is 1.96. The molecule has 21 heavy (non-hydrogen) atoms. The topological polar surface area (TPSA) is 156 Å². The van der Waals surface area contributed by atoms with Crippen LogP contribution in [0, 0.1) is 10.1 Å². The predicted octanol–water partition coefficient (Wildman–Crippen LogP) is -1.09. The molecular formula is C10H13N7O4. The minimum atomic E-state index is -1.20. The molecule has 1 aliphatic rings. The van der Waals surface area contributed by atoms with E-state index in [1.54, 1.807) is 0 Å². The second-order valence-electron chi connectivity index (χ2n) is 4.82. The Morgan fingerprint density at radius 2 is 2.14 bits per heavy atom. The zero-order valence-corrected chi connectivity index (χ0v) is 11.3. The Hall–Kier alpha value is -2.82. The van der Waals surface area contributed by atoms with E-state index in [4.69, 9.17) is 5.84 Å². The highest BCUT2D eigenvalue weighted by Crippen LogP contribution is 2.35. The molecule has 0 aliphatic carbocycles. The number of nitro groups is 1. The monoisotopic (exact) mass is 295 g/mol. The predicted molar refractivity (Wildman–Crippen MR) is 71.1 cm³/mol. The molecule has 0 atom stereocenters. The van der Waals surface area contributed by atoms with E-state index in [0.29, 0.717) is 0 Å². The van der Waals surface area contributed by atoms with E-state index in [1.807, 2.05) is 0 Å². The van der Waals surface area contributed by atoms with Crippen LogP contribution in [0.3, 0.4) is 0 Å². The number of carbonyl (C=O) groups is 2. The highest BCUT2D eigenvalue weighted by atomic mass is 16.6. The summed E-state index contributed by atoms with van der Waals surface area (Å²) in [4.78, 5) is 42.7. The second-order valence-corrected chi connectivity index (χ2v) is 4.82. The molecule has 1 saturated heterocycles. The number of hydrogen-bond donors (Lipinski definition) is 3. The van der Waals surface area contributed by atoms with Gasteiger partial charge in [-0.1, -0.05) is 0 Å². The van der Waals surface area contributed by atoms with Crippen molar-refractivity contribution >= 4 is 29.1 Å². The van der Waals surface area contributed by atoms with E-state index < -0.39 is 28.0 Å². The normalized spacial score (nSPS) is 17.4. The first-order valence-electron chi connectivity index (χ1n) is 5.87. The average molecular weight is 295 g/mol. The molecule has 0 unspecified atom stereocenters. The average Bonchev–Trinajstić information content (AvgIpc) is 2.42. The summed E-state index contributed by atoms with van der Waals surface area (Å²) in [5.74, 6) is 3.68. The quantitative estimate of drug-likeness (QED) is 0.273. The zero-order chi connectivity index (χ0) is 15.8. The third-order valence-corrected chi connectivity index (χ3v) is 3.16. The maximum absolute atomic E-state index is 11.9. The van der Waals surface area contributed by atoms with Gasteiger partial charge in [-0.15, -0.1) is 0 Å². The number of nitrogens with two attached hydrogens (primary N) is 1. The number of hydrazine groups is 1. The fraction of sp³-hybridized carbons (Fsp3) is 0.400. The second kappa shape index (κ2) is 4.94. The van der Waals surface area contributed by atoms with Crippen molar-refractivity contribution in [2.24, 2.45) is 5.84 Å². The van der Waals surface area contributed by atoms with Crippen LogP contribution in [0.4, 0.5) is 17.3 Å². The maximum Gasteiger partial charge on any atom is 0.354 e. The molecule has 1 aromatic rings. The number of piperazine rings is 1. The number of rotatable bonds is 3. The van der Waals surface area contributed by atoms with Gasteiger partial charge >= 0.3 is 5.69 Å². The lowest BCUT2D eigenvalue weighted by atomic mass is 9.98. The van der Waals surface area contributed by atoms with Gasteiger partial charge in [-0.05, 0) is 13.8 Å². The first kappa shape index (κ1) is 14.6. The molecule has 2 heterocycles. The lowest BCUT2D eigenvalue weighted by molar-refractivity contribution is -0.383. The lowest BCUT2D eigenvalue weighted by Gasteiger charge is -2.40. The largest absolute Gasteiger partial charge is 0.354 e. The van der Waals surface area contributed by atoms with Gasteiger partial charge in [0.05, 0.1) is 4.92 Å². The van der Waals surface area contributed by atoms with Crippen LogP contribution in [-0.2, 0) is 9.59 Å². The molecular weight excluding hydrogens is 282 g/mol. The Bertz CT molecular complexity index is 630. The molecule has 112 valence electrons. The van der Waals surface area contributed by atoms with Gasteiger partial charge in [-0.2, -0.15) is 0 Å². The molecule has 4 N–H and O–H groups in total. The Balaban J connectivity index is 2.62. The highest BCUT2D eigenvalue weighted by molar-refractivity contribution is 6.07. The van der Waals surface area contributed by atoms with Crippen LogP contribution >= 0.6 is 0 Å². The molecule has 0 spiro atoms. The van der Waals surface area contributed by atoms with Gasteiger partial charge in [0.25, 0.3) is 5.91 Å². The molecule has 0 radical (unpaired) electrons. The third-order valence-electron chi connectivity index (χ3n) is 3.16. The smallest absolute Gasteiger partial charge is 0.327 e. The van der Waals surface area contributed by atoms with Crippen molar-refractivity contribution in [2.45, 2.75) is 19.4 Å². The summed E-state index contributed by atoms with van der Waals surface area (Å²) in [7, 11) is 0. The number of anilines is 2. The number of carbonyl (C=O) groups excluding carboxylic acids is 2. The standard InChI is InChI=1S/C10H13N7O4/c1-10(2)9(19)14-5(18)3-16(10)8-6(17(20)21)7(15-11)12-4-13-8/h4H,3,11H2,1-2H3,(H,12,13,15)(H,14,18,19). The summed E-state index contributed by atoms with van der Waals surface area (Å²) in [6.07, 6.45) is 1.06. The van der Waals surface area contributed by atoms with Crippen molar-refractivity contribution in [3.05, 3.63) is 16.4 Å². The number of imide groups is 1. The van der Waals surface area contributed by atoms with Gasteiger partial charge < -0.3 is 10.3 Å². The van der Waals surface area contributed by atoms with Crippen molar-refractivity contribution < 1.29 is 14.5 Å². The van der Waals surface area contributed by atoms with E-state index in [-0.39, 0.29) is 18.2 Å². The summed E-state index contributed by atoms with van der Waals surface area (Å²) < 4.78 is 0. The van der Waals surface area contributed by atoms with E-state index in [2.05, 4.69) is 20.7 Å².